The standard InChI is InChI=1S/C9H11ClN2O3/c1-3-6-8(14)11-7(13)4-12(6)9(15)5(2)10/h6H,2-4H2,1H3,(H,11,13,14). The molecule has 6 heteroatoms. The summed E-state index contributed by atoms with van der Waals surface area (Å²) < 4.78 is 0. The maximum Gasteiger partial charge on any atom is 0.265 e. The number of hydrogen-bond acceptors (Lipinski definition) is 3. The van der Waals surface area contributed by atoms with Gasteiger partial charge in [0.15, 0.2) is 0 Å². The first-order chi connectivity index (χ1) is 6.97. The zero-order valence-electron chi connectivity index (χ0n) is 8.25. The lowest BCUT2D eigenvalue weighted by Gasteiger charge is -2.33. The highest BCUT2D eigenvalue weighted by atomic mass is 35.5. The van der Waals surface area contributed by atoms with Gasteiger partial charge in [-0.1, -0.05) is 25.1 Å². The van der Waals surface area contributed by atoms with Crippen LogP contribution in [-0.4, -0.2) is 35.2 Å². The van der Waals surface area contributed by atoms with E-state index in [2.05, 4.69) is 11.9 Å². The number of hydrogen-bond donors (Lipinski definition) is 1. The lowest BCUT2D eigenvalue weighted by molar-refractivity contribution is -0.148. The highest BCUT2D eigenvalue weighted by molar-refractivity contribution is 6.42. The van der Waals surface area contributed by atoms with Crippen LogP contribution >= 0.6 is 11.6 Å². The highest BCUT2D eigenvalue weighted by Gasteiger charge is 2.35. The Morgan fingerprint density at radius 2 is 2.27 bits per heavy atom. The average molecular weight is 231 g/mol. The first-order valence-electron chi connectivity index (χ1n) is 4.46. The molecule has 1 atom stereocenters. The largest absolute Gasteiger partial charge is 0.317 e. The molecule has 1 unspecified atom stereocenters. The van der Waals surface area contributed by atoms with Gasteiger partial charge in [-0.25, -0.2) is 0 Å². The second-order valence-corrected chi connectivity index (χ2v) is 3.63. The van der Waals surface area contributed by atoms with Gasteiger partial charge >= 0.3 is 0 Å². The number of nitrogens with one attached hydrogen (secondary N) is 1. The zero-order valence-corrected chi connectivity index (χ0v) is 9.00. The number of carbonyl (C=O) groups excluding carboxylic acids is 3. The second kappa shape index (κ2) is 4.44. The van der Waals surface area contributed by atoms with E-state index in [1.54, 1.807) is 6.92 Å². The van der Waals surface area contributed by atoms with Crippen molar-refractivity contribution in [2.45, 2.75) is 19.4 Å². The summed E-state index contributed by atoms with van der Waals surface area (Å²) in [6.45, 7) is 4.87. The van der Waals surface area contributed by atoms with E-state index in [4.69, 9.17) is 11.6 Å². The van der Waals surface area contributed by atoms with Crippen molar-refractivity contribution in [2.75, 3.05) is 6.54 Å². The summed E-state index contributed by atoms with van der Waals surface area (Å²) in [5.74, 6) is -1.55. The van der Waals surface area contributed by atoms with Crippen LogP contribution in [0.3, 0.4) is 0 Å². The molecule has 1 aliphatic heterocycles. The molecule has 0 aromatic rings. The van der Waals surface area contributed by atoms with E-state index in [9.17, 15) is 14.4 Å². The first-order valence-corrected chi connectivity index (χ1v) is 4.84. The molecule has 0 aromatic carbocycles. The Kier molecular flexibility index (Phi) is 3.47. The van der Waals surface area contributed by atoms with Crippen LogP contribution in [0, 0.1) is 0 Å². The fourth-order valence-corrected chi connectivity index (χ4v) is 1.55. The van der Waals surface area contributed by atoms with E-state index < -0.39 is 23.8 Å². The molecule has 1 saturated heterocycles. The van der Waals surface area contributed by atoms with Crippen LogP contribution in [0.2, 0.25) is 0 Å². The maximum atomic E-state index is 11.5. The van der Waals surface area contributed by atoms with Gasteiger partial charge < -0.3 is 4.90 Å². The topological polar surface area (TPSA) is 66.5 Å². The normalized spacial score (nSPS) is 21.2. The van der Waals surface area contributed by atoms with E-state index in [-0.39, 0.29) is 11.6 Å². The van der Waals surface area contributed by atoms with E-state index in [0.717, 1.165) is 4.90 Å². The Balaban J connectivity index is 2.92. The third-order valence-electron chi connectivity index (χ3n) is 2.14. The van der Waals surface area contributed by atoms with Crippen LogP contribution in [0.15, 0.2) is 11.6 Å². The SMILES string of the molecule is C=C(Cl)C(=O)N1CC(=O)NC(=O)C1CC. The summed E-state index contributed by atoms with van der Waals surface area (Å²) in [6.07, 6.45) is 0.426. The number of carbonyl (C=O) groups is 3. The summed E-state index contributed by atoms with van der Waals surface area (Å²) >= 11 is 5.45. The van der Waals surface area contributed by atoms with Gasteiger partial charge in [-0.2, -0.15) is 0 Å². The Bertz CT molecular complexity index is 340. The van der Waals surface area contributed by atoms with Crippen molar-refractivity contribution in [3.05, 3.63) is 11.6 Å². The van der Waals surface area contributed by atoms with Gasteiger partial charge in [0.05, 0.1) is 5.03 Å². The fourth-order valence-electron chi connectivity index (χ4n) is 1.44. The van der Waals surface area contributed by atoms with Gasteiger partial charge in [0.25, 0.3) is 5.91 Å². The van der Waals surface area contributed by atoms with Gasteiger partial charge in [0, 0.05) is 0 Å². The number of imide groups is 1. The molecule has 15 heavy (non-hydrogen) atoms. The molecule has 0 radical (unpaired) electrons. The number of piperazine rings is 1. The average Bonchev–Trinajstić information content (AvgIpc) is 2.15. The smallest absolute Gasteiger partial charge is 0.265 e. The molecule has 1 fully saturated rings. The minimum absolute atomic E-state index is 0.158. The van der Waals surface area contributed by atoms with Gasteiger partial charge in [-0.05, 0) is 6.42 Å². The monoisotopic (exact) mass is 230 g/mol. The molecule has 0 bridgehead atoms. The number of nitrogens with zero attached hydrogens (tertiary/aromatic N) is 1. The molecule has 0 aromatic heterocycles. The summed E-state index contributed by atoms with van der Waals surface area (Å²) in [4.78, 5) is 35.1. The second-order valence-electron chi connectivity index (χ2n) is 3.17. The molecular weight excluding hydrogens is 220 g/mol. The highest BCUT2D eigenvalue weighted by Crippen LogP contribution is 2.13. The number of amides is 3. The molecule has 0 spiro atoms. The van der Waals surface area contributed by atoms with E-state index in [0.29, 0.717) is 6.42 Å². The molecular formula is C9H11ClN2O3. The van der Waals surface area contributed by atoms with Crippen molar-refractivity contribution in [2.24, 2.45) is 0 Å². The Hall–Kier alpha value is -1.36. The van der Waals surface area contributed by atoms with Crippen LogP contribution < -0.4 is 5.32 Å². The summed E-state index contributed by atoms with van der Waals surface area (Å²) in [5.41, 5.74) is 0. The summed E-state index contributed by atoms with van der Waals surface area (Å²) in [5, 5.41) is 1.96. The van der Waals surface area contributed by atoms with Crippen LogP contribution in [0.1, 0.15) is 13.3 Å². The third kappa shape index (κ3) is 2.36. The Labute approximate surface area is 92.1 Å². The lowest BCUT2D eigenvalue weighted by atomic mass is 10.1. The first kappa shape index (κ1) is 11.7. The number of rotatable bonds is 2. The minimum atomic E-state index is -0.648. The summed E-state index contributed by atoms with van der Waals surface area (Å²) in [7, 11) is 0. The molecule has 5 nitrogen and oxygen atoms in total. The Morgan fingerprint density at radius 3 is 2.73 bits per heavy atom. The molecule has 1 aliphatic rings. The van der Waals surface area contributed by atoms with Crippen molar-refractivity contribution in [1.29, 1.82) is 0 Å². The molecule has 82 valence electrons. The van der Waals surface area contributed by atoms with Crippen molar-refractivity contribution < 1.29 is 14.4 Å². The molecule has 0 aliphatic carbocycles. The van der Waals surface area contributed by atoms with Crippen molar-refractivity contribution in [3.8, 4) is 0 Å². The summed E-state index contributed by atoms with van der Waals surface area (Å²) in [6, 6.07) is -0.648. The van der Waals surface area contributed by atoms with E-state index >= 15 is 0 Å². The quantitative estimate of drug-likeness (QED) is 0.537. The Morgan fingerprint density at radius 1 is 1.67 bits per heavy atom. The van der Waals surface area contributed by atoms with Gasteiger partial charge in [-0.15, -0.1) is 0 Å². The van der Waals surface area contributed by atoms with Gasteiger partial charge in [-0.3, -0.25) is 19.7 Å². The van der Waals surface area contributed by atoms with Crippen molar-refractivity contribution in [3.63, 3.8) is 0 Å². The minimum Gasteiger partial charge on any atom is -0.317 e. The molecule has 1 N–H and O–H groups in total. The van der Waals surface area contributed by atoms with Crippen molar-refractivity contribution in [1.82, 2.24) is 10.2 Å². The van der Waals surface area contributed by atoms with E-state index in [1.165, 1.54) is 0 Å². The van der Waals surface area contributed by atoms with Crippen LogP contribution in [0.4, 0.5) is 0 Å². The maximum absolute atomic E-state index is 11.5. The van der Waals surface area contributed by atoms with Crippen LogP contribution in [-0.2, 0) is 14.4 Å². The van der Waals surface area contributed by atoms with Crippen LogP contribution in [0.5, 0.6) is 0 Å². The van der Waals surface area contributed by atoms with Gasteiger partial charge in [0.2, 0.25) is 11.8 Å². The third-order valence-corrected chi connectivity index (χ3v) is 2.30. The fraction of sp³-hybridized carbons (Fsp3) is 0.444. The molecule has 3 amide bonds. The van der Waals surface area contributed by atoms with Crippen molar-refractivity contribution >= 4 is 29.3 Å². The predicted molar refractivity (Wildman–Crippen MR) is 53.9 cm³/mol. The van der Waals surface area contributed by atoms with E-state index in [1.807, 2.05) is 0 Å². The van der Waals surface area contributed by atoms with Gasteiger partial charge in [0.1, 0.15) is 12.6 Å². The lowest BCUT2D eigenvalue weighted by Crippen LogP contribution is -2.59. The molecule has 1 rings (SSSR count). The number of halogens is 1. The molecule has 1 heterocycles. The predicted octanol–water partition coefficient (Wildman–Crippen LogP) is 0.00250. The zero-order chi connectivity index (χ0) is 11.6. The van der Waals surface area contributed by atoms with Crippen LogP contribution in [0.25, 0.3) is 0 Å². The molecule has 0 saturated carbocycles.